The van der Waals surface area contributed by atoms with Crippen LogP contribution in [0.15, 0.2) is 36.7 Å². The van der Waals surface area contributed by atoms with Crippen LogP contribution in [0.3, 0.4) is 0 Å². The molecule has 0 saturated carbocycles. The maximum absolute atomic E-state index is 14.7. The second kappa shape index (κ2) is 15.7. The molecular weight excluding hydrogens is 519 g/mol. The van der Waals surface area contributed by atoms with Gasteiger partial charge in [0, 0.05) is 45.6 Å². The molecule has 3 atom stereocenters. The Kier molecular flexibility index (Phi) is 12.4. The maximum atomic E-state index is 14.7. The van der Waals surface area contributed by atoms with Gasteiger partial charge < -0.3 is 29.5 Å². The highest BCUT2D eigenvalue weighted by Gasteiger charge is 2.32. The molecule has 1 fully saturated rings. The highest BCUT2D eigenvalue weighted by atomic mass is 19.1. The lowest BCUT2D eigenvalue weighted by Gasteiger charge is -2.34. The summed E-state index contributed by atoms with van der Waals surface area (Å²) in [6, 6.07) is 5.66. The second-order valence-electron chi connectivity index (χ2n) is 10.5. The fourth-order valence-corrected chi connectivity index (χ4v) is 4.35. The maximum Gasteiger partial charge on any atom is 0.274 e. The van der Waals surface area contributed by atoms with Crippen LogP contribution in [0.2, 0.25) is 0 Å². The number of carbonyl (C=O) groups excluding carboxylic acids is 2. The Hall–Kier alpha value is -2.99. The van der Waals surface area contributed by atoms with Gasteiger partial charge in [0.15, 0.2) is 0 Å². The zero-order chi connectivity index (χ0) is 29.1. The number of aliphatic hydroxyl groups is 2. The van der Waals surface area contributed by atoms with Gasteiger partial charge in [-0.1, -0.05) is 26.0 Å². The third-order valence-corrected chi connectivity index (χ3v) is 6.75. The summed E-state index contributed by atoms with van der Waals surface area (Å²) in [6.07, 6.45) is 1.32. The van der Waals surface area contributed by atoms with Gasteiger partial charge in [0.05, 0.1) is 24.1 Å². The first-order valence-electron chi connectivity index (χ1n) is 13.8. The van der Waals surface area contributed by atoms with Gasteiger partial charge in [0.1, 0.15) is 29.8 Å². The van der Waals surface area contributed by atoms with Gasteiger partial charge in [-0.25, -0.2) is 9.37 Å². The van der Waals surface area contributed by atoms with Gasteiger partial charge >= 0.3 is 0 Å². The summed E-state index contributed by atoms with van der Waals surface area (Å²) >= 11 is 0. The SMILES string of the molecule is Cc1cncc(C(=O)N2CCCCOC[C@@H](O)[C@@H](O)[C@H](OCCC(C)C)CN(C(=O)c3ccccc3F)CC2)n1. The zero-order valence-corrected chi connectivity index (χ0v) is 23.5. The van der Waals surface area contributed by atoms with E-state index in [1.165, 1.54) is 29.3 Å². The second-order valence-corrected chi connectivity index (χ2v) is 10.5. The van der Waals surface area contributed by atoms with E-state index in [9.17, 15) is 24.2 Å². The van der Waals surface area contributed by atoms with E-state index in [0.29, 0.717) is 50.6 Å². The van der Waals surface area contributed by atoms with Crippen molar-refractivity contribution in [1.29, 1.82) is 0 Å². The van der Waals surface area contributed by atoms with E-state index in [4.69, 9.17) is 9.47 Å². The van der Waals surface area contributed by atoms with E-state index in [0.717, 1.165) is 0 Å². The van der Waals surface area contributed by atoms with E-state index in [2.05, 4.69) is 9.97 Å². The van der Waals surface area contributed by atoms with Crippen molar-refractivity contribution in [1.82, 2.24) is 19.8 Å². The number of benzene rings is 1. The summed E-state index contributed by atoms with van der Waals surface area (Å²) in [4.78, 5) is 38.3. The predicted molar refractivity (Wildman–Crippen MR) is 146 cm³/mol. The molecule has 1 aliphatic rings. The molecule has 2 heterocycles. The summed E-state index contributed by atoms with van der Waals surface area (Å²) in [5.74, 6) is -1.28. The van der Waals surface area contributed by atoms with Crippen LogP contribution in [-0.2, 0) is 9.47 Å². The molecule has 1 aliphatic heterocycles. The molecule has 40 heavy (non-hydrogen) atoms. The molecule has 1 saturated heterocycles. The normalized spacial score (nSPS) is 21.7. The number of hydrogen-bond donors (Lipinski definition) is 2. The van der Waals surface area contributed by atoms with Crippen LogP contribution in [0.5, 0.6) is 0 Å². The molecule has 0 spiro atoms. The van der Waals surface area contributed by atoms with Crippen LogP contribution < -0.4 is 0 Å². The van der Waals surface area contributed by atoms with Crippen LogP contribution in [0.25, 0.3) is 0 Å². The Bertz CT molecular complexity index is 1100. The average Bonchev–Trinajstić information content (AvgIpc) is 2.93. The minimum Gasteiger partial charge on any atom is -0.388 e. The Morgan fingerprint density at radius 1 is 1.10 bits per heavy atom. The Labute approximate surface area is 235 Å². The van der Waals surface area contributed by atoms with E-state index in [1.54, 1.807) is 24.1 Å². The monoisotopic (exact) mass is 560 g/mol. The van der Waals surface area contributed by atoms with Gasteiger partial charge in [0.2, 0.25) is 0 Å². The fourth-order valence-electron chi connectivity index (χ4n) is 4.35. The smallest absolute Gasteiger partial charge is 0.274 e. The number of rotatable bonds is 6. The summed E-state index contributed by atoms with van der Waals surface area (Å²) in [6.45, 7) is 6.76. The van der Waals surface area contributed by atoms with Crippen molar-refractivity contribution >= 4 is 11.8 Å². The van der Waals surface area contributed by atoms with E-state index in [1.807, 2.05) is 13.8 Å². The van der Waals surface area contributed by atoms with Crippen LogP contribution in [0.1, 0.15) is 59.7 Å². The van der Waals surface area contributed by atoms with Crippen molar-refractivity contribution in [2.75, 3.05) is 46.0 Å². The molecule has 1 aromatic heterocycles. The number of nitrogens with zero attached hydrogens (tertiary/aromatic N) is 4. The first-order chi connectivity index (χ1) is 19.2. The summed E-state index contributed by atoms with van der Waals surface area (Å²) in [5.41, 5.74) is 0.662. The quantitative estimate of drug-likeness (QED) is 0.552. The van der Waals surface area contributed by atoms with Gasteiger partial charge in [-0.2, -0.15) is 0 Å². The van der Waals surface area contributed by atoms with Crippen LogP contribution in [-0.4, -0.2) is 106 Å². The van der Waals surface area contributed by atoms with E-state index in [-0.39, 0.29) is 43.4 Å². The third kappa shape index (κ3) is 9.29. The first-order valence-corrected chi connectivity index (χ1v) is 13.8. The number of aryl methyl sites for hydroxylation is 1. The minimum absolute atomic E-state index is 0.0432. The highest BCUT2D eigenvalue weighted by Crippen LogP contribution is 2.16. The highest BCUT2D eigenvalue weighted by molar-refractivity contribution is 5.95. The lowest BCUT2D eigenvalue weighted by Crippen LogP contribution is -2.51. The van der Waals surface area contributed by atoms with E-state index >= 15 is 0 Å². The number of halogens is 1. The zero-order valence-electron chi connectivity index (χ0n) is 23.5. The van der Waals surface area contributed by atoms with Gasteiger partial charge in [0.25, 0.3) is 11.8 Å². The topological polar surface area (TPSA) is 125 Å². The number of hydrogen-bond acceptors (Lipinski definition) is 8. The Morgan fingerprint density at radius 3 is 2.58 bits per heavy atom. The van der Waals surface area contributed by atoms with Crippen molar-refractivity contribution in [3.05, 3.63) is 59.4 Å². The lowest BCUT2D eigenvalue weighted by molar-refractivity contribution is -0.116. The largest absolute Gasteiger partial charge is 0.388 e. The first kappa shape index (κ1) is 31.5. The summed E-state index contributed by atoms with van der Waals surface area (Å²) in [7, 11) is 0. The average molecular weight is 561 g/mol. The molecule has 0 bridgehead atoms. The fraction of sp³-hybridized carbons (Fsp3) is 0.586. The lowest BCUT2D eigenvalue weighted by atomic mass is 10.1. The predicted octanol–water partition coefficient (Wildman–Crippen LogP) is 2.47. The number of aromatic nitrogens is 2. The molecular formula is C29H41FN4O6. The molecule has 0 aliphatic carbocycles. The number of amides is 2. The Morgan fingerprint density at radius 2 is 1.85 bits per heavy atom. The van der Waals surface area contributed by atoms with Gasteiger partial charge in [-0.15, -0.1) is 0 Å². The molecule has 2 aromatic rings. The van der Waals surface area contributed by atoms with Crippen molar-refractivity contribution in [3.63, 3.8) is 0 Å². The number of carbonyl (C=O) groups is 2. The Balaban J connectivity index is 1.92. The van der Waals surface area contributed by atoms with Crippen LogP contribution in [0, 0.1) is 18.7 Å². The summed E-state index contributed by atoms with van der Waals surface area (Å²) in [5, 5.41) is 21.6. The van der Waals surface area contributed by atoms with Crippen molar-refractivity contribution in [2.45, 2.75) is 58.3 Å². The van der Waals surface area contributed by atoms with Crippen molar-refractivity contribution in [2.24, 2.45) is 5.92 Å². The molecule has 1 aromatic carbocycles. The molecule has 10 nitrogen and oxygen atoms in total. The molecule has 220 valence electrons. The standard InChI is InChI=1S/C29H41FN4O6/c1-20(2)10-15-40-26-18-34(28(37)22-8-4-5-9-23(22)30)13-12-33(29(38)24-17-31-16-21(3)32-24)11-6-7-14-39-19-25(35)27(26)36/h4-5,8-9,16-17,20,25-27,35-36H,6-7,10-15,18-19H2,1-3H3/t25-,26-,27-/m1/s1. The number of ether oxygens (including phenoxy) is 2. The molecule has 2 N–H and O–H groups in total. The minimum atomic E-state index is -1.36. The number of aliphatic hydroxyl groups excluding tert-OH is 2. The molecule has 0 unspecified atom stereocenters. The van der Waals surface area contributed by atoms with Gasteiger partial charge in [-0.3, -0.25) is 14.6 Å². The van der Waals surface area contributed by atoms with Gasteiger partial charge in [-0.05, 0) is 44.2 Å². The third-order valence-electron chi connectivity index (χ3n) is 6.75. The van der Waals surface area contributed by atoms with E-state index < -0.39 is 30.0 Å². The molecule has 2 amide bonds. The summed E-state index contributed by atoms with van der Waals surface area (Å²) < 4.78 is 26.2. The molecule has 3 rings (SSSR count). The van der Waals surface area contributed by atoms with Crippen LogP contribution >= 0.6 is 0 Å². The molecule has 11 heteroatoms. The van der Waals surface area contributed by atoms with Crippen LogP contribution in [0.4, 0.5) is 4.39 Å². The van der Waals surface area contributed by atoms with Crippen molar-refractivity contribution < 1.29 is 33.7 Å². The molecule has 0 radical (unpaired) electrons. The van der Waals surface area contributed by atoms with Crippen molar-refractivity contribution in [3.8, 4) is 0 Å².